The van der Waals surface area contributed by atoms with Crippen molar-refractivity contribution in [2.45, 2.75) is 86.3 Å². The summed E-state index contributed by atoms with van der Waals surface area (Å²) in [4.78, 5) is 27.3. The van der Waals surface area contributed by atoms with Gasteiger partial charge in [0.25, 0.3) is 0 Å². The Morgan fingerprint density at radius 3 is 1.89 bits per heavy atom. The molecule has 44 heavy (non-hydrogen) atoms. The molecule has 1 unspecified atom stereocenters. The molecule has 242 valence electrons. The fourth-order valence-electron chi connectivity index (χ4n) is 5.12. The highest BCUT2D eigenvalue weighted by Crippen LogP contribution is 2.29. The summed E-state index contributed by atoms with van der Waals surface area (Å²) in [6.45, 7) is 16.3. The zero-order chi connectivity index (χ0) is 32.6. The van der Waals surface area contributed by atoms with Crippen molar-refractivity contribution >= 4 is 23.5 Å². The lowest BCUT2D eigenvalue weighted by Gasteiger charge is -2.42. The van der Waals surface area contributed by atoms with Crippen LogP contribution in [0.15, 0.2) is 91.0 Å². The Hall–Kier alpha value is -3.84. The maximum absolute atomic E-state index is 12.6. The highest BCUT2D eigenvalue weighted by atomic mass is 16.6. The summed E-state index contributed by atoms with van der Waals surface area (Å²) in [5, 5.41) is 8.62. The van der Waals surface area contributed by atoms with E-state index in [-0.39, 0.29) is 18.2 Å². The van der Waals surface area contributed by atoms with Crippen molar-refractivity contribution in [3.63, 3.8) is 0 Å². The Balaban J connectivity index is 0.00000152. The van der Waals surface area contributed by atoms with Gasteiger partial charge in [0.2, 0.25) is 0 Å². The van der Waals surface area contributed by atoms with E-state index in [1.165, 1.54) is 5.56 Å². The highest BCUT2D eigenvalue weighted by Gasteiger charge is 2.33. The van der Waals surface area contributed by atoms with Gasteiger partial charge in [-0.3, -0.25) is 10.2 Å². The van der Waals surface area contributed by atoms with Crippen LogP contribution < -0.4 is 16.0 Å². The Morgan fingerprint density at radius 1 is 0.795 bits per heavy atom. The van der Waals surface area contributed by atoms with Gasteiger partial charge in [0, 0.05) is 30.5 Å². The number of nitrogens with zero attached hydrogens (tertiary/aromatic N) is 1. The molecule has 3 N–H and O–H groups in total. The number of hydrogen-bond acceptors (Lipinski definition) is 4. The number of piperidine rings is 1. The predicted molar refractivity (Wildman–Crippen MR) is 186 cm³/mol. The molecular weight excluding hydrogens is 548 g/mol. The summed E-state index contributed by atoms with van der Waals surface area (Å²) in [7, 11) is 0. The molecule has 0 saturated carbocycles. The van der Waals surface area contributed by atoms with Gasteiger partial charge in [-0.05, 0) is 74.9 Å². The number of amides is 3. The predicted octanol–water partition coefficient (Wildman–Crippen LogP) is 9.24. The monoisotopic (exact) mass is 604 g/mol. The zero-order valence-corrected chi connectivity index (χ0v) is 28.0. The summed E-state index contributed by atoms with van der Waals surface area (Å²) in [6.07, 6.45) is 3.17. The molecular formula is C37H56N4O3. The van der Waals surface area contributed by atoms with Crippen molar-refractivity contribution in [1.82, 2.24) is 10.2 Å². The number of likely N-dealkylation sites (tertiary alicyclic amines) is 1. The fourth-order valence-corrected chi connectivity index (χ4v) is 5.12. The first-order valence-electron chi connectivity index (χ1n) is 16.5. The first-order valence-corrected chi connectivity index (χ1v) is 16.5. The summed E-state index contributed by atoms with van der Waals surface area (Å²) >= 11 is 0. The number of urea groups is 1. The minimum absolute atomic E-state index is 0.108. The summed E-state index contributed by atoms with van der Waals surface area (Å²) in [5.74, 6) is 0.525. The molecule has 1 heterocycles. The molecule has 1 aliphatic rings. The average Bonchev–Trinajstić information content (AvgIpc) is 3.07. The number of para-hydroxylation sites is 2. The number of carbonyl (C=O) groups is 2. The molecule has 7 nitrogen and oxygen atoms in total. The SMILES string of the molecule is CC.CC.CC.CC(OC(=O)Nc1ccccc1)[C@H]1C[C@@H](Cc2ccccc2)CCN1CCCNC(=O)Nc1ccccc1. The van der Waals surface area contributed by atoms with Crippen LogP contribution in [0.25, 0.3) is 0 Å². The van der Waals surface area contributed by atoms with E-state index >= 15 is 0 Å². The van der Waals surface area contributed by atoms with Gasteiger partial charge in [-0.25, -0.2) is 9.59 Å². The molecule has 7 heteroatoms. The Kier molecular flexibility index (Phi) is 20.5. The van der Waals surface area contributed by atoms with Crippen molar-refractivity contribution < 1.29 is 14.3 Å². The molecule has 3 amide bonds. The van der Waals surface area contributed by atoms with Gasteiger partial charge in [0.15, 0.2) is 0 Å². The van der Waals surface area contributed by atoms with Crippen molar-refractivity contribution in [2.75, 3.05) is 30.3 Å². The Morgan fingerprint density at radius 2 is 1.32 bits per heavy atom. The van der Waals surface area contributed by atoms with E-state index in [2.05, 4.69) is 45.1 Å². The first-order chi connectivity index (χ1) is 21.6. The number of hydrogen-bond donors (Lipinski definition) is 3. The lowest BCUT2D eigenvalue weighted by Crippen LogP contribution is -2.50. The van der Waals surface area contributed by atoms with Gasteiger partial charge in [0.1, 0.15) is 6.10 Å². The van der Waals surface area contributed by atoms with Crippen LogP contribution in [0.1, 0.15) is 73.3 Å². The summed E-state index contributed by atoms with van der Waals surface area (Å²) in [5.41, 5.74) is 2.83. The number of benzene rings is 3. The van der Waals surface area contributed by atoms with Crippen LogP contribution in [-0.2, 0) is 11.2 Å². The van der Waals surface area contributed by atoms with Gasteiger partial charge in [-0.2, -0.15) is 0 Å². The molecule has 3 aromatic carbocycles. The van der Waals surface area contributed by atoms with Gasteiger partial charge in [-0.15, -0.1) is 0 Å². The van der Waals surface area contributed by atoms with Crippen molar-refractivity contribution in [3.8, 4) is 0 Å². The summed E-state index contributed by atoms with van der Waals surface area (Å²) in [6, 6.07) is 29.3. The van der Waals surface area contributed by atoms with Crippen LogP contribution in [-0.4, -0.2) is 48.8 Å². The average molecular weight is 605 g/mol. The van der Waals surface area contributed by atoms with E-state index in [4.69, 9.17) is 4.74 Å². The van der Waals surface area contributed by atoms with Gasteiger partial charge >= 0.3 is 12.1 Å². The Bertz CT molecular complexity index is 1130. The minimum Gasteiger partial charge on any atom is -0.445 e. The van der Waals surface area contributed by atoms with Crippen LogP contribution in [0.3, 0.4) is 0 Å². The molecule has 1 fully saturated rings. The van der Waals surface area contributed by atoms with Crippen LogP contribution in [0, 0.1) is 5.92 Å². The largest absolute Gasteiger partial charge is 0.445 e. The first kappa shape index (κ1) is 38.2. The molecule has 0 bridgehead atoms. The normalized spacial score (nSPS) is 16.2. The van der Waals surface area contributed by atoms with E-state index in [9.17, 15) is 9.59 Å². The molecule has 3 atom stereocenters. The second-order valence-electron chi connectivity index (χ2n) is 9.89. The smallest absolute Gasteiger partial charge is 0.411 e. The van der Waals surface area contributed by atoms with E-state index in [0.717, 1.165) is 44.5 Å². The number of nitrogens with one attached hydrogen (secondary N) is 3. The highest BCUT2D eigenvalue weighted by molar-refractivity contribution is 5.89. The molecule has 0 spiro atoms. The van der Waals surface area contributed by atoms with Crippen LogP contribution in [0.4, 0.5) is 21.0 Å². The second kappa shape index (κ2) is 23.6. The third-order valence-electron chi connectivity index (χ3n) is 7.03. The molecule has 0 aliphatic carbocycles. The van der Waals surface area contributed by atoms with Crippen LogP contribution in [0.2, 0.25) is 0 Å². The maximum atomic E-state index is 12.6. The van der Waals surface area contributed by atoms with Crippen molar-refractivity contribution in [1.29, 1.82) is 0 Å². The third kappa shape index (κ3) is 14.6. The summed E-state index contributed by atoms with van der Waals surface area (Å²) < 4.78 is 5.86. The molecule has 1 aliphatic heterocycles. The third-order valence-corrected chi connectivity index (χ3v) is 7.03. The number of rotatable bonds is 10. The Labute approximate surface area is 266 Å². The van der Waals surface area contributed by atoms with Crippen molar-refractivity contribution in [2.24, 2.45) is 5.92 Å². The van der Waals surface area contributed by atoms with E-state index in [1.54, 1.807) is 0 Å². The molecule has 0 aromatic heterocycles. The number of ether oxygens (including phenoxy) is 1. The lowest BCUT2D eigenvalue weighted by atomic mass is 9.84. The van der Waals surface area contributed by atoms with Crippen LogP contribution >= 0.6 is 0 Å². The molecule has 1 saturated heterocycles. The maximum Gasteiger partial charge on any atom is 0.411 e. The fraction of sp³-hybridized carbons (Fsp3) is 0.459. The quantitative estimate of drug-likeness (QED) is 0.202. The minimum atomic E-state index is -0.437. The van der Waals surface area contributed by atoms with Gasteiger partial charge in [-0.1, -0.05) is 108 Å². The van der Waals surface area contributed by atoms with Crippen molar-refractivity contribution in [3.05, 3.63) is 96.6 Å². The van der Waals surface area contributed by atoms with Gasteiger partial charge in [0.05, 0.1) is 0 Å². The van der Waals surface area contributed by atoms with E-state index < -0.39 is 6.09 Å². The zero-order valence-electron chi connectivity index (χ0n) is 28.0. The standard InChI is InChI=1S/C31H38N4O3.3C2H6/c1-24(38-31(37)34-28-16-9-4-10-17-28)29-23-26(22-25-12-5-2-6-13-25)18-21-35(29)20-11-19-32-30(36)33-27-14-7-3-8-15-27;3*1-2/h2-10,12-17,24,26,29H,11,18-23H2,1H3,(H,34,37)(H2,32,33,36);3*1-2H3/t24?,26-,29-;;;/m1.../s1. The second-order valence-corrected chi connectivity index (χ2v) is 9.89. The number of anilines is 2. The van der Waals surface area contributed by atoms with E-state index in [1.807, 2.05) is 115 Å². The van der Waals surface area contributed by atoms with E-state index in [0.29, 0.717) is 18.2 Å². The lowest BCUT2D eigenvalue weighted by molar-refractivity contribution is 0.00893. The molecule has 3 aromatic rings. The van der Waals surface area contributed by atoms with Gasteiger partial charge < -0.3 is 15.4 Å². The number of carbonyl (C=O) groups excluding carboxylic acids is 2. The van der Waals surface area contributed by atoms with Crippen LogP contribution in [0.5, 0.6) is 0 Å². The molecule has 4 rings (SSSR count). The topological polar surface area (TPSA) is 82.7 Å². The molecule has 0 radical (unpaired) electrons.